The number of hydrogen-bond acceptors (Lipinski definition) is 4. The van der Waals surface area contributed by atoms with Crippen molar-refractivity contribution >= 4 is 28.4 Å². The molecule has 4 rings (SSSR count). The molecular formula is C23H17ClO4. The van der Waals surface area contributed by atoms with Gasteiger partial charge in [0, 0.05) is 21.5 Å². The number of rotatable bonds is 6. The normalized spacial score (nSPS) is 10.8. The van der Waals surface area contributed by atoms with Gasteiger partial charge in [-0.3, -0.25) is 4.79 Å². The predicted octanol–water partition coefficient (Wildman–Crippen LogP) is 5.90. The lowest BCUT2D eigenvalue weighted by atomic mass is 10.0. The zero-order valence-electron chi connectivity index (χ0n) is 15.1. The van der Waals surface area contributed by atoms with Crippen LogP contribution in [0.1, 0.15) is 21.5 Å². The van der Waals surface area contributed by atoms with E-state index in [4.69, 9.17) is 25.5 Å². The van der Waals surface area contributed by atoms with E-state index in [0.717, 1.165) is 5.56 Å². The summed E-state index contributed by atoms with van der Waals surface area (Å²) in [5.41, 5.74) is 2.57. The topological polar surface area (TPSA) is 48.7 Å². The zero-order valence-corrected chi connectivity index (χ0v) is 15.9. The highest BCUT2D eigenvalue weighted by molar-refractivity contribution is 6.31. The van der Waals surface area contributed by atoms with Gasteiger partial charge in [0.05, 0.1) is 12.7 Å². The number of benzene rings is 3. The van der Waals surface area contributed by atoms with Crippen LogP contribution < -0.4 is 9.47 Å². The van der Waals surface area contributed by atoms with E-state index in [1.165, 1.54) is 6.26 Å². The van der Waals surface area contributed by atoms with Crippen LogP contribution in [-0.2, 0) is 6.61 Å². The SMILES string of the molecule is COc1ccc(C(=O)c2coc3ccc(OCc4ccccc4Cl)cc23)cc1. The fourth-order valence-corrected chi connectivity index (χ4v) is 3.14. The number of carbonyl (C=O) groups is 1. The fraction of sp³-hybridized carbons (Fsp3) is 0.0870. The van der Waals surface area contributed by atoms with Gasteiger partial charge in [-0.2, -0.15) is 0 Å². The summed E-state index contributed by atoms with van der Waals surface area (Å²) in [5.74, 6) is 1.21. The van der Waals surface area contributed by atoms with E-state index in [1.807, 2.05) is 36.4 Å². The molecule has 0 atom stereocenters. The second kappa shape index (κ2) is 7.79. The van der Waals surface area contributed by atoms with Crippen LogP contribution in [0.3, 0.4) is 0 Å². The largest absolute Gasteiger partial charge is 0.497 e. The van der Waals surface area contributed by atoms with Crippen molar-refractivity contribution in [3.63, 3.8) is 0 Å². The van der Waals surface area contributed by atoms with Crippen LogP contribution in [0.2, 0.25) is 5.02 Å². The van der Waals surface area contributed by atoms with Gasteiger partial charge in [-0.25, -0.2) is 0 Å². The summed E-state index contributed by atoms with van der Waals surface area (Å²) in [4.78, 5) is 12.9. The molecule has 0 radical (unpaired) electrons. The highest BCUT2D eigenvalue weighted by Gasteiger charge is 2.16. The second-order valence-electron chi connectivity index (χ2n) is 6.25. The number of ether oxygens (including phenoxy) is 2. The molecule has 0 saturated heterocycles. The molecule has 0 aliphatic carbocycles. The van der Waals surface area contributed by atoms with Gasteiger partial charge >= 0.3 is 0 Å². The van der Waals surface area contributed by atoms with Crippen LogP contribution in [0.25, 0.3) is 11.0 Å². The van der Waals surface area contributed by atoms with Gasteiger partial charge in [0.15, 0.2) is 5.78 Å². The fourth-order valence-electron chi connectivity index (χ4n) is 2.95. The lowest BCUT2D eigenvalue weighted by Crippen LogP contribution is -2.00. The van der Waals surface area contributed by atoms with Crippen molar-refractivity contribution in [1.29, 1.82) is 0 Å². The molecule has 0 bridgehead atoms. The Bertz CT molecular complexity index is 1130. The standard InChI is InChI=1S/C23H17ClO4/c1-26-17-8-6-15(7-9-17)23(25)20-14-28-22-11-10-18(12-19(20)22)27-13-16-4-2-3-5-21(16)24/h2-12,14H,13H2,1H3. The molecule has 4 nitrogen and oxygen atoms in total. The molecule has 1 aromatic heterocycles. The quantitative estimate of drug-likeness (QED) is 0.383. The van der Waals surface area contributed by atoms with Gasteiger partial charge in [0.25, 0.3) is 0 Å². The summed E-state index contributed by atoms with van der Waals surface area (Å²) in [7, 11) is 1.59. The summed E-state index contributed by atoms with van der Waals surface area (Å²) in [5, 5.41) is 1.36. The predicted molar refractivity (Wildman–Crippen MR) is 108 cm³/mol. The lowest BCUT2D eigenvalue weighted by molar-refractivity contribution is 0.103. The summed E-state index contributed by atoms with van der Waals surface area (Å²) in [6, 6.07) is 19.9. The van der Waals surface area contributed by atoms with E-state index in [9.17, 15) is 4.79 Å². The number of hydrogen-bond donors (Lipinski definition) is 0. The van der Waals surface area contributed by atoms with Crippen molar-refractivity contribution in [3.8, 4) is 11.5 Å². The Hall–Kier alpha value is -3.24. The molecule has 28 heavy (non-hydrogen) atoms. The van der Waals surface area contributed by atoms with Crippen molar-refractivity contribution in [1.82, 2.24) is 0 Å². The third-order valence-corrected chi connectivity index (χ3v) is 4.86. The molecule has 0 aliphatic heterocycles. The Morgan fingerprint density at radius 1 is 1.00 bits per heavy atom. The summed E-state index contributed by atoms with van der Waals surface area (Å²) in [6.45, 7) is 0.338. The van der Waals surface area contributed by atoms with Crippen LogP contribution >= 0.6 is 11.6 Å². The van der Waals surface area contributed by atoms with Crippen LogP contribution in [0.4, 0.5) is 0 Å². The Labute approximate surface area is 167 Å². The van der Waals surface area contributed by atoms with Gasteiger partial charge in [0.1, 0.15) is 30.0 Å². The first-order chi connectivity index (χ1) is 13.7. The Kier molecular flexibility index (Phi) is 5.04. The van der Waals surface area contributed by atoms with Crippen molar-refractivity contribution in [2.24, 2.45) is 0 Å². The third-order valence-electron chi connectivity index (χ3n) is 4.49. The third kappa shape index (κ3) is 3.59. The molecule has 1 heterocycles. The maximum absolute atomic E-state index is 12.9. The van der Waals surface area contributed by atoms with E-state index in [0.29, 0.717) is 45.2 Å². The number of halogens is 1. The van der Waals surface area contributed by atoms with Crippen molar-refractivity contribution < 1.29 is 18.7 Å². The minimum absolute atomic E-state index is 0.121. The van der Waals surface area contributed by atoms with E-state index >= 15 is 0 Å². The Morgan fingerprint density at radius 3 is 2.50 bits per heavy atom. The molecule has 0 fully saturated rings. The van der Waals surface area contributed by atoms with Crippen LogP contribution in [0.15, 0.2) is 77.4 Å². The molecular weight excluding hydrogens is 376 g/mol. The molecule has 0 spiro atoms. The maximum atomic E-state index is 12.9. The first kappa shape index (κ1) is 18.1. The molecule has 4 aromatic rings. The molecule has 3 aromatic carbocycles. The number of carbonyl (C=O) groups excluding carboxylic acids is 1. The minimum Gasteiger partial charge on any atom is -0.497 e. The van der Waals surface area contributed by atoms with Crippen LogP contribution in [-0.4, -0.2) is 12.9 Å². The Balaban J connectivity index is 1.60. The van der Waals surface area contributed by atoms with E-state index in [2.05, 4.69) is 0 Å². The van der Waals surface area contributed by atoms with Gasteiger partial charge in [0.2, 0.25) is 0 Å². The molecule has 0 N–H and O–H groups in total. The van der Waals surface area contributed by atoms with Gasteiger partial charge in [-0.1, -0.05) is 29.8 Å². The minimum atomic E-state index is -0.121. The van der Waals surface area contributed by atoms with Crippen LogP contribution in [0.5, 0.6) is 11.5 Å². The monoisotopic (exact) mass is 392 g/mol. The van der Waals surface area contributed by atoms with Gasteiger partial charge < -0.3 is 13.9 Å². The molecule has 5 heteroatoms. The van der Waals surface area contributed by atoms with Crippen molar-refractivity contribution in [2.75, 3.05) is 7.11 Å². The number of furan rings is 1. The number of fused-ring (bicyclic) bond motifs is 1. The summed E-state index contributed by atoms with van der Waals surface area (Å²) >= 11 is 6.18. The highest BCUT2D eigenvalue weighted by atomic mass is 35.5. The van der Waals surface area contributed by atoms with E-state index < -0.39 is 0 Å². The number of methoxy groups -OCH3 is 1. The smallest absolute Gasteiger partial charge is 0.196 e. The van der Waals surface area contributed by atoms with Gasteiger partial charge in [-0.15, -0.1) is 0 Å². The number of ketones is 1. The molecule has 0 saturated carbocycles. The van der Waals surface area contributed by atoms with Gasteiger partial charge in [-0.05, 0) is 48.5 Å². The first-order valence-electron chi connectivity index (χ1n) is 8.72. The molecule has 0 amide bonds. The highest BCUT2D eigenvalue weighted by Crippen LogP contribution is 2.29. The molecule has 0 aliphatic rings. The molecule has 0 unspecified atom stereocenters. The summed E-state index contributed by atoms with van der Waals surface area (Å²) < 4.78 is 16.6. The van der Waals surface area contributed by atoms with Crippen molar-refractivity contribution in [3.05, 3.63) is 94.7 Å². The zero-order chi connectivity index (χ0) is 19.5. The van der Waals surface area contributed by atoms with Crippen molar-refractivity contribution in [2.45, 2.75) is 6.61 Å². The first-order valence-corrected chi connectivity index (χ1v) is 9.10. The molecule has 140 valence electrons. The van der Waals surface area contributed by atoms with E-state index in [-0.39, 0.29) is 5.78 Å². The maximum Gasteiger partial charge on any atom is 0.196 e. The summed E-state index contributed by atoms with van der Waals surface area (Å²) in [6.07, 6.45) is 1.48. The average Bonchev–Trinajstić information content (AvgIpc) is 3.16. The lowest BCUT2D eigenvalue weighted by Gasteiger charge is -2.08. The second-order valence-corrected chi connectivity index (χ2v) is 6.65. The Morgan fingerprint density at radius 2 is 1.75 bits per heavy atom. The van der Waals surface area contributed by atoms with E-state index in [1.54, 1.807) is 37.4 Å². The van der Waals surface area contributed by atoms with Crippen LogP contribution in [0, 0.1) is 0 Å². The average molecular weight is 393 g/mol.